The first kappa shape index (κ1) is 20.4. The minimum Gasteiger partial charge on any atom is -0.497 e. The number of aliphatic carboxylic acids is 1. The van der Waals surface area contributed by atoms with Gasteiger partial charge in [0.1, 0.15) is 5.75 Å². The Morgan fingerprint density at radius 1 is 1.21 bits per heavy atom. The zero-order chi connectivity index (χ0) is 21.0. The molecule has 0 aromatic heterocycles. The molecule has 2 aromatic carbocycles. The standard InChI is InChI=1S/C22H24N2O5/c1-3-14-6-4-5-7-18(14)24-13-16(12-19(24)25)21(26)23-20(22(27)28)15-8-10-17(29-2)11-9-15/h4-11,16,20H,3,12-13H2,1-2H3,(H,23,26)(H,27,28). The van der Waals surface area contributed by atoms with E-state index in [1.54, 1.807) is 29.2 Å². The van der Waals surface area contributed by atoms with Crippen molar-refractivity contribution in [2.45, 2.75) is 25.8 Å². The van der Waals surface area contributed by atoms with E-state index in [1.165, 1.54) is 7.11 Å². The normalized spacial score (nSPS) is 17.1. The molecule has 2 unspecified atom stereocenters. The maximum Gasteiger partial charge on any atom is 0.330 e. The van der Waals surface area contributed by atoms with Crippen LogP contribution >= 0.6 is 0 Å². The number of para-hydroxylation sites is 1. The van der Waals surface area contributed by atoms with Gasteiger partial charge in [0.15, 0.2) is 6.04 Å². The van der Waals surface area contributed by atoms with Crippen molar-refractivity contribution in [3.05, 3.63) is 59.7 Å². The number of anilines is 1. The molecule has 1 saturated heterocycles. The fourth-order valence-electron chi connectivity index (χ4n) is 3.53. The topological polar surface area (TPSA) is 95.9 Å². The fraction of sp³-hybridized carbons (Fsp3) is 0.318. The second-order valence-corrected chi connectivity index (χ2v) is 6.94. The first-order valence-electron chi connectivity index (χ1n) is 9.50. The predicted molar refractivity (Wildman–Crippen MR) is 108 cm³/mol. The van der Waals surface area contributed by atoms with Crippen LogP contribution in [-0.2, 0) is 20.8 Å². The Hall–Kier alpha value is -3.35. The molecule has 152 valence electrons. The molecule has 1 fully saturated rings. The highest BCUT2D eigenvalue weighted by Crippen LogP contribution is 2.29. The van der Waals surface area contributed by atoms with E-state index in [4.69, 9.17) is 4.74 Å². The van der Waals surface area contributed by atoms with Crippen molar-refractivity contribution in [1.82, 2.24) is 5.32 Å². The molecule has 0 radical (unpaired) electrons. The number of hydrogen-bond donors (Lipinski definition) is 2. The Kier molecular flexibility index (Phi) is 6.16. The molecule has 0 bridgehead atoms. The third-order valence-electron chi connectivity index (χ3n) is 5.14. The van der Waals surface area contributed by atoms with Gasteiger partial charge in [-0.1, -0.05) is 37.3 Å². The van der Waals surface area contributed by atoms with Gasteiger partial charge in [-0.2, -0.15) is 0 Å². The van der Waals surface area contributed by atoms with E-state index in [2.05, 4.69) is 5.32 Å². The molecule has 1 aliphatic heterocycles. The highest BCUT2D eigenvalue weighted by Gasteiger charge is 2.37. The molecular formula is C22H24N2O5. The molecule has 2 amide bonds. The molecule has 3 rings (SSSR count). The third kappa shape index (κ3) is 4.39. The van der Waals surface area contributed by atoms with E-state index < -0.39 is 23.8 Å². The number of carbonyl (C=O) groups is 3. The van der Waals surface area contributed by atoms with Crippen LogP contribution in [0.4, 0.5) is 5.69 Å². The monoisotopic (exact) mass is 396 g/mol. The van der Waals surface area contributed by atoms with E-state index >= 15 is 0 Å². The largest absolute Gasteiger partial charge is 0.497 e. The first-order chi connectivity index (χ1) is 13.9. The summed E-state index contributed by atoms with van der Waals surface area (Å²) in [7, 11) is 1.52. The molecule has 2 atom stereocenters. The van der Waals surface area contributed by atoms with Crippen LogP contribution in [0, 0.1) is 5.92 Å². The molecule has 2 N–H and O–H groups in total. The predicted octanol–water partition coefficient (Wildman–Crippen LogP) is 2.55. The van der Waals surface area contributed by atoms with Gasteiger partial charge < -0.3 is 20.1 Å². The van der Waals surface area contributed by atoms with E-state index in [0.29, 0.717) is 11.3 Å². The van der Waals surface area contributed by atoms with Crippen molar-refractivity contribution < 1.29 is 24.2 Å². The number of rotatable bonds is 7. The second kappa shape index (κ2) is 8.77. The molecule has 0 spiro atoms. The summed E-state index contributed by atoms with van der Waals surface area (Å²) < 4.78 is 5.08. The van der Waals surface area contributed by atoms with E-state index in [1.807, 2.05) is 31.2 Å². The average molecular weight is 396 g/mol. The number of nitrogens with zero attached hydrogens (tertiary/aromatic N) is 1. The number of carbonyl (C=O) groups excluding carboxylic acids is 2. The summed E-state index contributed by atoms with van der Waals surface area (Å²) in [5.74, 6) is -1.76. The van der Waals surface area contributed by atoms with Crippen LogP contribution in [0.15, 0.2) is 48.5 Å². The number of hydrogen-bond acceptors (Lipinski definition) is 4. The van der Waals surface area contributed by atoms with Crippen molar-refractivity contribution >= 4 is 23.5 Å². The number of aryl methyl sites for hydroxylation is 1. The molecule has 7 nitrogen and oxygen atoms in total. The number of nitrogens with one attached hydrogen (secondary N) is 1. The Morgan fingerprint density at radius 2 is 1.90 bits per heavy atom. The number of methoxy groups -OCH3 is 1. The van der Waals surface area contributed by atoms with Gasteiger partial charge in [-0.15, -0.1) is 0 Å². The molecule has 2 aromatic rings. The third-order valence-corrected chi connectivity index (χ3v) is 5.14. The molecule has 7 heteroatoms. The highest BCUT2D eigenvalue weighted by molar-refractivity contribution is 6.01. The van der Waals surface area contributed by atoms with Gasteiger partial charge in [0, 0.05) is 18.7 Å². The van der Waals surface area contributed by atoms with E-state index in [-0.39, 0.29) is 18.9 Å². The minimum absolute atomic E-state index is 0.0544. The summed E-state index contributed by atoms with van der Waals surface area (Å²) in [6, 6.07) is 12.9. The Balaban J connectivity index is 1.74. The van der Waals surface area contributed by atoms with Gasteiger partial charge in [0.05, 0.1) is 13.0 Å². The maximum absolute atomic E-state index is 12.8. The summed E-state index contributed by atoms with van der Waals surface area (Å²) in [4.78, 5) is 38.6. The van der Waals surface area contributed by atoms with Crippen molar-refractivity contribution in [2.75, 3.05) is 18.6 Å². The summed E-state index contributed by atoms with van der Waals surface area (Å²) >= 11 is 0. The van der Waals surface area contributed by atoms with Gasteiger partial charge in [-0.3, -0.25) is 9.59 Å². The van der Waals surface area contributed by atoms with Crippen LogP contribution in [-0.4, -0.2) is 36.5 Å². The minimum atomic E-state index is -1.19. The number of carboxylic acid groups (broad SMARTS) is 1. The lowest BCUT2D eigenvalue weighted by Gasteiger charge is -2.21. The van der Waals surface area contributed by atoms with Crippen molar-refractivity contribution in [3.63, 3.8) is 0 Å². The second-order valence-electron chi connectivity index (χ2n) is 6.94. The van der Waals surface area contributed by atoms with Crippen LogP contribution in [0.25, 0.3) is 0 Å². The van der Waals surface area contributed by atoms with Crippen LogP contribution < -0.4 is 15.0 Å². The van der Waals surface area contributed by atoms with Crippen LogP contribution in [0.2, 0.25) is 0 Å². The van der Waals surface area contributed by atoms with Gasteiger partial charge in [0.25, 0.3) is 0 Å². The number of amides is 2. The Morgan fingerprint density at radius 3 is 2.52 bits per heavy atom. The fourth-order valence-corrected chi connectivity index (χ4v) is 3.53. The lowest BCUT2D eigenvalue weighted by molar-refractivity contribution is -0.142. The van der Waals surface area contributed by atoms with Crippen molar-refractivity contribution in [3.8, 4) is 5.75 Å². The lowest BCUT2D eigenvalue weighted by atomic mass is 10.0. The zero-order valence-electron chi connectivity index (χ0n) is 16.4. The van der Waals surface area contributed by atoms with Gasteiger partial charge in [-0.05, 0) is 35.7 Å². The van der Waals surface area contributed by atoms with Crippen LogP contribution in [0.1, 0.15) is 30.5 Å². The maximum atomic E-state index is 12.8. The SMILES string of the molecule is CCc1ccccc1N1CC(C(=O)NC(C(=O)O)c2ccc(OC)cc2)CC1=O. The Labute approximate surface area is 169 Å². The van der Waals surface area contributed by atoms with Gasteiger partial charge >= 0.3 is 5.97 Å². The summed E-state index contributed by atoms with van der Waals surface area (Å²) in [6.45, 7) is 2.24. The molecule has 0 aliphatic carbocycles. The van der Waals surface area contributed by atoms with E-state index in [9.17, 15) is 19.5 Å². The smallest absolute Gasteiger partial charge is 0.330 e. The van der Waals surface area contributed by atoms with Crippen molar-refractivity contribution in [2.24, 2.45) is 5.92 Å². The molecule has 1 aliphatic rings. The average Bonchev–Trinajstić information content (AvgIpc) is 3.13. The van der Waals surface area contributed by atoms with Crippen molar-refractivity contribution in [1.29, 1.82) is 0 Å². The highest BCUT2D eigenvalue weighted by atomic mass is 16.5. The molecular weight excluding hydrogens is 372 g/mol. The molecule has 1 heterocycles. The number of benzene rings is 2. The van der Waals surface area contributed by atoms with Gasteiger partial charge in [0.2, 0.25) is 11.8 Å². The number of carboxylic acids is 1. The lowest BCUT2D eigenvalue weighted by Crippen LogP contribution is -2.38. The first-order valence-corrected chi connectivity index (χ1v) is 9.50. The van der Waals surface area contributed by atoms with Crippen LogP contribution in [0.5, 0.6) is 5.75 Å². The summed E-state index contributed by atoms with van der Waals surface area (Å²) in [6.07, 6.45) is 0.828. The van der Waals surface area contributed by atoms with Gasteiger partial charge in [-0.25, -0.2) is 4.79 Å². The molecule has 29 heavy (non-hydrogen) atoms. The Bertz CT molecular complexity index is 910. The summed E-state index contributed by atoms with van der Waals surface area (Å²) in [5.41, 5.74) is 2.27. The van der Waals surface area contributed by atoms with E-state index in [0.717, 1.165) is 17.7 Å². The zero-order valence-corrected chi connectivity index (χ0v) is 16.4. The quantitative estimate of drug-likeness (QED) is 0.750. The number of ether oxygens (including phenoxy) is 1. The summed E-state index contributed by atoms with van der Waals surface area (Å²) in [5, 5.41) is 12.1. The molecule has 0 saturated carbocycles. The van der Waals surface area contributed by atoms with Crippen LogP contribution in [0.3, 0.4) is 0 Å².